The molecule has 0 spiro atoms. The van der Waals surface area contributed by atoms with Crippen LogP contribution in [0.3, 0.4) is 0 Å². The van der Waals surface area contributed by atoms with Crippen molar-refractivity contribution in [2.75, 3.05) is 18.8 Å². The summed E-state index contributed by atoms with van der Waals surface area (Å²) in [4.78, 5) is -0.327. The average molecular weight is 300 g/mol. The Morgan fingerprint density at radius 2 is 2.00 bits per heavy atom. The van der Waals surface area contributed by atoms with Crippen LogP contribution in [0.15, 0.2) is 23.1 Å². The van der Waals surface area contributed by atoms with E-state index < -0.39 is 15.8 Å². The molecule has 1 heterocycles. The summed E-state index contributed by atoms with van der Waals surface area (Å²) in [6.07, 6.45) is 0.798. The van der Waals surface area contributed by atoms with E-state index in [1.807, 2.05) is 0 Å². The number of nitrogens with zero attached hydrogens (tertiary/aromatic N) is 1. The van der Waals surface area contributed by atoms with Crippen LogP contribution < -0.4 is 5.73 Å². The summed E-state index contributed by atoms with van der Waals surface area (Å²) >= 11 is 0. The van der Waals surface area contributed by atoms with Gasteiger partial charge in [0.1, 0.15) is 10.7 Å². The summed E-state index contributed by atoms with van der Waals surface area (Å²) in [5.41, 5.74) is 5.86. The lowest BCUT2D eigenvalue weighted by Gasteiger charge is -2.26. The lowest BCUT2D eigenvalue weighted by atomic mass is 9.80. The number of nitrogens with two attached hydrogens (primary N) is 1. The largest absolute Gasteiger partial charge is 0.399 e. The molecule has 0 aromatic heterocycles. The van der Waals surface area contributed by atoms with Gasteiger partial charge in [-0.25, -0.2) is 12.8 Å². The van der Waals surface area contributed by atoms with Crippen LogP contribution in [0.25, 0.3) is 0 Å². The third kappa shape index (κ3) is 2.81. The highest BCUT2D eigenvalue weighted by atomic mass is 32.2. The van der Waals surface area contributed by atoms with Gasteiger partial charge in [0.05, 0.1) is 0 Å². The lowest BCUT2D eigenvalue weighted by Crippen LogP contribution is -2.31. The molecule has 2 N–H and O–H groups in total. The van der Waals surface area contributed by atoms with Crippen LogP contribution in [-0.4, -0.2) is 25.8 Å². The second-order valence-corrected chi connectivity index (χ2v) is 8.31. The maximum Gasteiger partial charge on any atom is 0.246 e. The van der Waals surface area contributed by atoms with Crippen molar-refractivity contribution >= 4 is 15.7 Å². The first kappa shape index (κ1) is 15.3. The molecule has 1 aromatic carbocycles. The van der Waals surface area contributed by atoms with E-state index in [-0.39, 0.29) is 21.9 Å². The highest BCUT2D eigenvalue weighted by Gasteiger charge is 2.38. The summed E-state index contributed by atoms with van der Waals surface area (Å²) < 4.78 is 40.2. The average Bonchev–Trinajstić information content (AvgIpc) is 2.82. The van der Waals surface area contributed by atoms with Crippen molar-refractivity contribution < 1.29 is 12.8 Å². The molecule has 1 atom stereocenters. The first-order chi connectivity index (χ1) is 9.12. The highest BCUT2D eigenvalue weighted by Crippen LogP contribution is 2.36. The van der Waals surface area contributed by atoms with Gasteiger partial charge in [0.2, 0.25) is 10.0 Å². The standard InChI is InChI=1S/C14H21FN2O2S/c1-14(2,3)10-6-7-17(9-10)20(18,19)13-8-11(16)4-5-12(13)15/h4-5,8,10H,6-7,9,16H2,1-3H3. The van der Waals surface area contributed by atoms with Crippen LogP contribution in [0.5, 0.6) is 0 Å². The van der Waals surface area contributed by atoms with Gasteiger partial charge in [-0.3, -0.25) is 0 Å². The van der Waals surface area contributed by atoms with Gasteiger partial charge in [-0.1, -0.05) is 20.8 Å². The minimum absolute atomic E-state index is 0.0402. The molecule has 0 amide bonds. The van der Waals surface area contributed by atoms with Crippen LogP contribution in [0.4, 0.5) is 10.1 Å². The van der Waals surface area contributed by atoms with Crippen molar-refractivity contribution in [3.63, 3.8) is 0 Å². The molecule has 20 heavy (non-hydrogen) atoms. The Kier molecular flexibility index (Phi) is 3.81. The number of benzene rings is 1. The van der Waals surface area contributed by atoms with E-state index in [4.69, 9.17) is 5.73 Å². The predicted molar refractivity (Wildman–Crippen MR) is 77.1 cm³/mol. The van der Waals surface area contributed by atoms with Crippen LogP contribution in [0, 0.1) is 17.2 Å². The Morgan fingerprint density at radius 3 is 2.55 bits per heavy atom. The van der Waals surface area contributed by atoms with Gasteiger partial charge < -0.3 is 5.73 Å². The molecule has 2 rings (SSSR count). The van der Waals surface area contributed by atoms with Crippen molar-refractivity contribution in [2.45, 2.75) is 32.1 Å². The van der Waals surface area contributed by atoms with Crippen LogP contribution >= 0.6 is 0 Å². The number of nitrogen functional groups attached to an aromatic ring is 1. The number of sulfonamides is 1. The second kappa shape index (κ2) is 5.00. The molecule has 4 nitrogen and oxygen atoms in total. The number of hydrogen-bond acceptors (Lipinski definition) is 3. The fourth-order valence-corrected chi connectivity index (χ4v) is 4.11. The Morgan fingerprint density at radius 1 is 1.35 bits per heavy atom. The normalized spacial score (nSPS) is 21.3. The maximum atomic E-state index is 13.8. The molecule has 112 valence electrons. The van der Waals surface area contributed by atoms with Crippen molar-refractivity contribution in [1.82, 2.24) is 4.31 Å². The zero-order chi connectivity index (χ0) is 15.1. The summed E-state index contributed by atoms with van der Waals surface area (Å²) in [7, 11) is -3.81. The predicted octanol–water partition coefficient (Wildman–Crippen LogP) is 2.46. The number of hydrogen-bond donors (Lipinski definition) is 1. The van der Waals surface area contributed by atoms with Crippen LogP contribution in [0.1, 0.15) is 27.2 Å². The van der Waals surface area contributed by atoms with E-state index in [0.717, 1.165) is 12.5 Å². The highest BCUT2D eigenvalue weighted by molar-refractivity contribution is 7.89. The van der Waals surface area contributed by atoms with E-state index in [2.05, 4.69) is 20.8 Å². The zero-order valence-corrected chi connectivity index (χ0v) is 12.9. The van der Waals surface area contributed by atoms with Gasteiger partial charge in [-0.05, 0) is 36.0 Å². The summed E-state index contributed by atoms with van der Waals surface area (Å²) in [5, 5.41) is 0. The molecule has 0 bridgehead atoms. The lowest BCUT2D eigenvalue weighted by molar-refractivity contribution is 0.252. The van der Waals surface area contributed by atoms with Crippen molar-refractivity contribution in [2.24, 2.45) is 11.3 Å². The topological polar surface area (TPSA) is 63.4 Å². The number of rotatable bonds is 2. The second-order valence-electron chi connectivity index (χ2n) is 6.40. The molecule has 1 aliphatic rings. The van der Waals surface area contributed by atoms with E-state index in [1.54, 1.807) is 0 Å². The van der Waals surface area contributed by atoms with Gasteiger partial charge >= 0.3 is 0 Å². The van der Waals surface area contributed by atoms with Gasteiger partial charge in [-0.15, -0.1) is 0 Å². The van der Waals surface area contributed by atoms with E-state index in [9.17, 15) is 12.8 Å². The molecule has 1 aromatic rings. The zero-order valence-electron chi connectivity index (χ0n) is 12.1. The van der Waals surface area contributed by atoms with Crippen molar-refractivity contribution in [1.29, 1.82) is 0 Å². The smallest absolute Gasteiger partial charge is 0.246 e. The Bertz CT molecular complexity index is 608. The van der Waals surface area contributed by atoms with Crippen molar-refractivity contribution in [3.8, 4) is 0 Å². The van der Waals surface area contributed by atoms with E-state index >= 15 is 0 Å². The molecule has 1 aliphatic heterocycles. The quantitative estimate of drug-likeness (QED) is 0.853. The molecule has 0 saturated carbocycles. The molecule has 0 aliphatic carbocycles. The van der Waals surface area contributed by atoms with E-state index in [0.29, 0.717) is 13.1 Å². The molecular formula is C14H21FN2O2S. The minimum Gasteiger partial charge on any atom is -0.399 e. The maximum absolute atomic E-state index is 13.8. The number of halogens is 1. The first-order valence-corrected chi connectivity index (χ1v) is 8.11. The Labute approximate surface area is 119 Å². The molecular weight excluding hydrogens is 279 g/mol. The Hall–Kier alpha value is -1.14. The molecule has 1 saturated heterocycles. The fourth-order valence-electron chi connectivity index (χ4n) is 2.51. The van der Waals surface area contributed by atoms with Crippen LogP contribution in [0.2, 0.25) is 0 Å². The monoisotopic (exact) mass is 300 g/mol. The summed E-state index contributed by atoms with van der Waals surface area (Å²) in [6.45, 7) is 7.14. The molecule has 0 radical (unpaired) electrons. The van der Waals surface area contributed by atoms with Gasteiger partial charge in [0, 0.05) is 18.8 Å². The van der Waals surface area contributed by atoms with Gasteiger partial charge in [-0.2, -0.15) is 4.31 Å². The SMILES string of the molecule is CC(C)(C)C1CCN(S(=O)(=O)c2cc(N)ccc2F)C1. The Balaban J connectivity index is 2.31. The van der Waals surface area contributed by atoms with Gasteiger partial charge in [0.15, 0.2) is 0 Å². The molecule has 1 unspecified atom stereocenters. The van der Waals surface area contributed by atoms with Crippen LogP contribution in [-0.2, 0) is 10.0 Å². The third-order valence-corrected chi connectivity index (χ3v) is 5.83. The fraction of sp³-hybridized carbons (Fsp3) is 0.571. The molecule has 1 fully saturated rings. The summed E-state index contributed by atoms with van der Waals surface area (Å²) in [5.74, 6) is -0.472. The molecule has 6 heteroatoms. The van der Waals surface area contributed by atoms with E-state index in [1.165, 1.54) is 16.4 Å². The summed E-state index contributed by atoms with van der Waals surface area (Å²) in [6, 6.07) is 3.64. The first-order valence-electron chi connectivity index (χ1n) is 6.67. The minimum atomic E-state index is -3.81. The van der Waals surface area contributed by atoms with Gasteiger partial charge in [0.25, 0.3) is 0 Å². The number of anilines is 1. The third-order valence-electron chi connectivity index (χ3n) is 3.95. The van der Waals surface area contributed by atoms with Crippen molar-refractivity contribution in [3.05, 3.63) is 24.0 Å².